The van der Waals surface area contributed by atoms with Crippen molar-refractivity contribution >= 4 is 38.9 Å². The Bertz CT molecular complexity index is 1690. The summed E-state index contributed by atoms with van der Waals surface area (Å²) < 4.78 is 37.5. The molecule has 0 radical (unpaired) electrons. The molecule has 240 valence electrons. The lowest BCUT2D eigenvalue weighted by Gasteiger charge is -2.31. The van der Waals surface area contributed by atoms with Crippen LogP contribution in [0.25, 0.3) is 0 Å². The average molecular weight is 637 g/mol. The fourth-order valence-electron chi connectivity index (χ4n) is 5.49. The quantitative estimate of drug-likeness (QED) is 0.255. The summed E-state index contributed by atoms with van der Waals surface area (Å²) in [6.45, 7) is 7.78. The van der Waals surface area contributed by atoms with Gasteiger partial charge in [-0.3, -0.25) is 14.4 Å². The van der Waals surface area contributed by atoms with Crippen molar-refractivity contribution in [2.75, 3.05) is 30.0 Å². The second kappa shape index (κ2) is 14.0. The number of ether oxygens (including phenoxy) is 2. The maximum Gasteiger partial charge on any atom is 0.250 e. The molecule has 0 aromatic heterocycles. The maximum atomic E-state index is 14.6. The zero-order chi connectivity index (χ0) is 32.9. The third kappa shape index (κ3) is 8.13. The van der Waals surface area contributed by atoms with Gasteiger partial charge in [-0.15, -0.1) is 0 Å². The summed E-state index contributed by atoms with van der Waals surface area (Å²) in [6, 6.07) is 14.9. The zero-order valence-corrected chi connectivity index (χ0v) is 26.9. The van der Waals surface area contributed by atoms with Gasteiger partial charge in [-0.25, -0.2) is 8.42 Å². The molecule has 1 saturated heterocycles. The molecule has 1 aliphatic heterocycles. The molecule has 0 aliphatic carbocycles. The molecule has 1 fully saturated rings. The highest BCUT2D eigenvalue weighted by atomic mass is 32.2. The number of rotatable bonds is 12. The Morgan fingerprint density at radius 3 is 2.42 bits per heavy atom. The van der Waals surface area contributed by atoms with Gasteiger partial charge < -0.3 is 30.7 Å². The van der Waals surface area contributed by atoms with E-state index in [9.17, 15) is 22.8 Å². The summed E-state index contributed by atoms with van der Waals surface area (Å²) in [7, 11) is -3.67. The molecule has 1 heterocycles. The van der Waals surface area contributed by atoms with E-state index in [4.69, 9.17) is 15.2 Å². The minimum absolute atomic E-state index is 0.0915. The molecule has 11 nitrogen and oxygen atoms in total. The summed E-state index contributed by atoms with van der Waals surface area (Å²) >= 11 is 0. The lowest BCUT2D eigenvalue weighted by molar-refractivity contribution is -0.133. The SMILES string of the molecule is CCOc1cc([C@H](Nc2cccc(C(N)=O)c2)C(=O)N2CCC[C@@H]2c2cc(NC(C)=O)ccc2S(C)(=O)=O)ccc1OC(C)C. The fourth-order valence-corrected chi connectivity index (χ4v) is 6.43. The molecular formula is C33H40N4O7S. The number of anilines is 2. The molecule has 1 aliphatic rings. The van der Waals surface area contributed by atoms with Crippen LogP contribution in [0.4, 0.5) is 11.4 Å². The number of hydrogen-bond acceptors (Lipinski definition) is 8. The van der Waals surface area contributed by atoms with Crippen LogP contribution in [0.5, 0.6) is 11.5 Å². The van der Waals surface area contributed by atoms with Crippen molar-refractivity contribution < 1.29 is 32.3 Å². The van der Waals surface area contributed by atoms with E-state index in [1.807, 2.05) is 20.8 Å². The van der Waals surface area contributed by atoms with E-state index < -0.39 is 27.8 Å². The average Bonchev–Trinajstić information content (AvgIpc) is 3.46. The first-order valence-electron chi connectivity index (χ1n) is 14.8. The smallest absolute Gasteiger partial charge is 0.250 e. The summed E-state index contributed by atoms with van der Waals surface area (Å²) in [5.41, 5.74) is 7.72. The number of carbonyl (C=O) groups is 3. The number of nitrogens with zero attached hydrogens (tertiary/aromatic N) is 1. The van der Waals surface area contributed by atoms with Crippen molar-refractivity contribution in [2.24, 2.45) is 5.73 Å². The van der Waals surface area contributed by atoms with Gasteiger partial charge in [-0.1, -0.05) is 12.1 Å². The van der Waals surface area contributed by atoms with Crippen LogP contribution in [0.15, 0.2) is 65.6 Å². The van der Waals surface area contributed by atoms with Gasteiger partial charge in [-0.2, -0.15) is 0 Å². The topological polar surface area (TPSA) is 157 Å². The van der Waals surface area contributed by atoms with E-state index in [0.29, 0.717) is 60.0 Å². The lowest BCUT2D eigenvalue weighted by atomic mass is 10.00. The lowest BCUT2D eigenvalue weighted by Crippen LogP contribution is -2.38. The Hall–Kier alpha value is -4.58. The van der Waals surface area contributed by atoms with Gasteiger partial charge in [0.25, 0.3) is 0 Å². The number of primary amides is 1. The molecule has 0 saturated carbocycles. The van der Waals surface area contributed by atoms with Gasteiger partial charge in [0.1, 0.15) is 6.04 Å². The van der Waals surface area contributed by atoms with Gasteiger partial charge >= 0.3 is 0 Å². The molecule has 2 atom stereocenters. The first-order valence-corrected chi connectivity index (χ1v) is 16.7. The Kier molecular flexibility index (Phi) is 10.4. The maximum absolute atomic E-state index is 14.6. The Labute approximate surface area is 264 Å². The van der Waals surface area contributed by atoms with Crippen LogP contribution in [0.2, 0.25) is 0 Å². The highest BCUT2D eigenvalue weighted by Crippen LogP contribution is 2.40. The number of hydrogen-bond donors (Lipinski definition) is 3. The van der Waals surface area contributed by atoms with E-state index in [0.717, 1.165) is 6.26 Å². The van der Waals surface area contributed by atoms with Crippen LogP contribution >= 0.6 is 0 Å². The van der Waals surface area contributed by atoms with E-state index >= 15 is 0 Å². The van der Waals surface area contributed by atoms with Crippen molar-refractivity contribution in [3.63, 3.8) is 0 Å². The highest BCUT2D eigenvalue weighted by molar-refractivity contribution is 7.90. The normalized spacial score (nSPS) is 15.4. The van der Waals surface area contributed by atoms with Crippen LogP contribution in [-0.2, 0) is 19.4 Å². The van der Waals surface area contributed by atoms with E-state index in [-0.39, 0.29) is 28.4 Å². The largest absolute Gasteiger partial charge is 0.490 e. The van der Waals surface area contributed by atoms with E-state index in [1.54, 1.807) is 53.4 Å². The zero-order valence-electron chi connectivity index (χ0n) is 26.1. The molecule has 0 spiro atoms. The van der Waals surface area contributed by atoms with Gasteiger partial charge in [-0.05, 0) is 93.3 Å². The van der Waals surface area contributed by atoms with Crippen LogP contribution in [-0.4, -0.2) is 56.6 Å². The predicted octanol–water partition coefficient (Wildman–Crippen LogP) is 4.85. The fraction of sp³-hybridized carbons (Fsp3) is 0.364. The number of sulfone groups is 1. The van der Waals surface area contributed by atoms with Crippen molar-refractivity contribution in [2.45, 2.75) is 63.6 Å². The number of nitrogens with one attached hydrogen (secondary N) is 2. The second-order valence-electron chi connectivity index (χ2n) is 11.2. The molecular weight excluding hydrogens is 596 g/mol. The first kappa shape index (κ1) is 33.3. The van der Waals surface area contributed by atoms with E-state index in [1.165, 1.54) is 19.1 Å². The summed E-state index contributed by atoms with van der Waals surface area (Å²) in [4.78, 5) is 40.1. The molecule has 4 rings (SSSR count). The number of benzene rings is 3. The van der Waals surface area contributed by atoms with Crippen molar-refractivity contribution in [3.8, 4) is 11.5 Å². The highest BCUT2D eigenvalue weighted by Gasteiger charge is 2.37. The van der Waals surface area contributed by atoms with Crippen LogP contribution in [0, 0.1) is 0 Å². The summed E-state index contributed by atoms with van der Waals surface area (Å²) in [5.74, 6) is -0.225. The molecule has 4 N–H and O–H groups in total. The van der Waals surface area contributed by atoms with Gasteiger partial charge in [0.2, 0.25) is 17.7 Å². The molecule has 45 heavy (non-hydrogen) atoms. The summed E-state index contributed by atoms with van der Waals surface area (Å²) in [6.07, 6.45) is 2.17. The van der Waals surface area contributed by atoms with Crippen LogP contribution in [0.3, 0.4) is 0 Å². The predicted molar refractivity (Wildman–Crippen MR) is 172 cm³/mol. The van der Waals surface area contributed by atoms with Gasteiger partial charge in [0, 0.05) is 36.7 Å². The number of carbonyl (C=O) groups excluding carboxylic acids is 3. The van der Waals surface area contributed by atoms with Gasteiger partial charge in [0.05, 0.1) is 23.6 Å². The molecule has 3 aromatic rings. The molecule has 3 amide bonds. The summed E-state index contributed by atoms with van der Waals surface area (Å²) in [5, 5.41) is 5.99. The first-order chi connectivity index (χ1) is 21.3. The Balaban J connectivity index is 1.81. The molecule has 12 heteroatoms. The second-order valence-corrected chi connectivity index (χ2v) is 13.2. The molecule has 0 bridgehead atoms. The standard InChI is InChI=1S/C33H40N4O7S/c1-6-43-29-18-22(12-14-28(29)44-20(2)3)31(36-24-10-7-9-23(17-24)32(34)39)33(40)37-16-8-11-27(37)26-19-25(35-21(4)38)13-15-30(26)45(5,41)42/h7,9-10,12-15,17-20,27,31,36H,6,8,11,16H2,1-5H3,(H2,34,39)(H,35,38)/t27-,31+/m1/s1. The number of amides is 3. The number of likely N-dealkylation sites (tertiary alicyclic amines) is 1. The third-order valence-electron chi connectivity index (χ3n) is 7.29. The minimum Gasteiger partial charge on any atom is -0.490 e. The number of nitrogens with two attached hydrogens (primary N) is 1. The van der Waals surface area contributed by atoms with Crippen molar-refractivity contribution in [3.05, 3.63) is 77.4 Å². The van der Waals surface area contributed by atoms with Gasteiger partial charge in [0.15, 0.2) is 21.3 Å². The van der Waals surface area contributed by atoms with Crippen molar-refractivity contribution in [1.82, 2.24) is 4.90 Å². The molecule has 0 unspecified atom stereocenters. The minimum atomic E-state index is -3.67. The Morgan fingerprint density at radius 1 is 1.02 bits per heavy atom. The Morgan fingerprint density at radius 2 is 1.78 bits per heavy atom. The van der Waals surface area contributed by atoms with Crippen LogP contribution in [0.1, 0.15) is 74.1 Å². The van der Waals surface area contributed by atoms with E-state index in [2.05, 4.69) is 10.6 Å². The monoisotopic (exact) mass is 636 g/mol. The third-order valence-corrected chi connectivity index (χ3v) is 8.46. The molecule has 3 aromatic carbocycles. The van der Waals surface area contributed by atoms with Crippen LogP contribution < -0.4 is 25.8 Å². The van der Waals surface area contributed by atoms with Crippen molar-refractivity contribution in [1.29, 1.82) is 0 Å².